The summed E-state index contributed by atoms with van der Waals surface area (Å²) < 4.78 is 6.79. The highest BCUT2D eigenvalue weighted by Gasteiger charge is 2.25. The molecule has 22 heavy (non-hydrogen) atoms. The van der Waals surface area contributed by atoms with E-state index in [-0.39, 0.29) is 18.0 Å². The molecule has 0 saturated carbocycles. The molecule has 120 valence electrons. The second-order valence-electron chi connectivity index (χ2n) is 5.06. The molecule has 0 atom stereocenters. The highest BCUT2D eigenvalue weighted by molar-refractivity contribution is 14.1. The number of hydrogen-bond donors (Lipinski definition) is 1. The minimum absolute atomic E-state index is 0.0692. The lowest BCUT2D eigenvalue weighted by molar-refractivity contribution is 0.0859. The van der Waals surface area contributed by atoms with Crippen molar-refractivity contribution in [3.05, 3.63) is 31.8 Å². The van der Waals surface area contributed by atoms with E-state index < -0.39 is 0 Å². The molecule has 5 nitrogen and oxygen atoms in total. The van der Waals surface area contributed by atoms with Gasteiger partial charge in [0.05, 0.1) is 12.2 Å². The number of piperidine rings is 1. The fourth-order valence-electron chi connectivity index (χ4n) is 2.36. The van der Waals surface area contributed by atoms with Crippen molar-refractivity contribution in [2.75, 3.05) is 19.7 Å². The molecule has 1 fully saturated rings. The zero-order chi connectivity index (χ0) is 16.1. The van der Waals surface area contributed by atoms with Crippen molar-refractivity contribution in [1.82, 2.24) is 10.2 Å². The van der Waals surface area contributed by atoms with Gasteiger partial charge in [-0.05, 0) is 60.6 Å². The predicted octanol–water partition coefficient (Wildman–Crippen LogP) is 3.40. The van der Waals surface area contributed by atoms with Gasteiger partial charge in [-0.15, -0.1) is 0 Å². The van der Waals surface area contributed by atoms with Gasteiger partial charge in [0.25, 0.3) is 5.91 Å². The quantitative estimate of drug-likeness (QED) is 0.674. The van der Waals surface area contributed by atoms with Gasteiger partial charge in [-0.25, -0.2) is 4.79 Å². The number of benzene rings is 1. The number of nitrogens with one attached hydrogen (secondary N) is 1. The number of halogens is 2. The number of likely N-dealkylation sites (tertiary alicyclic amines) is 1. The second-order valence-corrected chi connectivity index (χ2v) is 7.14. The van der Waals surface area contributed by atoms with Gasteiger partial charge in [-0.3, -0.25) is 4.79 Å². The fraction of sp³-hybridized carbons (Fsp3) is 0.467. The molecule has 1 heterocycles. The number of hydrogen-bond acceptors (Lipinski definition) is 3. The van der Waals surface area contributed by atoms with E-state index in [0.717, 1.165) is 20.9 Å². The van der Waals surface area contributed by atoms with Gasteiger partial charge >= 0.3 is 6.09 Å². The monoisotopic (exact) mass is 480 g/mol. The van der Waals surface area contributed by atoms with Crippen molar-refractivity contribution in [3.8, 4) is 0 Å². The molecule has 0 aliphatic carbocycles. The molecule has 1 aliphatic rings. The van der Waals surface area contributed by atoms with Crippen molar-refractivity contribution < 1.29 is 14.3 Å². The van der Waals surface area contributed by atoms with Crippen LogP contribution in [-0.4, -0.2) is 42.6 Å². The first-order valence-corrected chi connectivity index (χ1v) is 9.06. The Balaban J connectivity index is 1.89. The van der Waals surface area contributed by atoms with E-state index in [1.54, 1.807) is 11.8 Å². The van der Waals surface area contributed by atoms with E-state index in [1.165, 1.54) is 0 Å². The summed E-state index contributed by atoms with van der Waals surface area (Å²) in [5.41, 5.74) is 0.669. The van der Waals surface area contributed by atoms with Gasteiger partial charge in [0.15, 0.2) is 0 Å². The molecule has 0 radical (unpaired) electrons. The number of rotatable bonds is 3. The maximum atomic E-state index is 12.4. The number of carbonyl (C=O) groups is 2. The van der Waals surface area contributed by atoms with Crippen LogP contribution in [0.2, 0.25) is 0 Å². The molecule has 0 unspecified atom stereocenters. The maximum Gasteiger partial charge on any atom is 0.409 e. The molecule has 1 N–H and O–H groups in total. The van der Waals surface area contributed by atoms with Crippen LogP contribution in [0.1, 0.15) is 30.1 Å². The molecule has 2 amide bonds. The van der Waals surface area contributed by atoms with Crippen LogP contribution in [-0.2, 0) is 4.74 Å². The van der Waals surface area contributed by atoms with Crippen LogP contribution in [0.5, 0.6) is 0 Å². The summed E-state index contributed by atoms with van der Waals surface area (Å²) in [7, 11) is 0. The van der Waals surface area contributed by atoms with Gasteiger partial charge in [0, 0.05) is 27.2 Å². The standard InChI is InChI=1S/C15H18BrIN2O3/c1-2-22-15(21)19-7-5-11(6-8-19)18-14(20)12-9-10(16)3-4-13(12)17/h3-4,9,11H,2,5-8H2,1H3,(H,18,20). The average molecular weight is 481 g/mol. The fourth-order valence-corrected chi connectivity index (χ4v) is 3.30. The third kappa shape index (κ3) is 4.58. The van der Waals surface area contributed by atoms with E-state index in [4.69, 9.17) is 4.74 Å². The van der Waals surface area contributed by atoms with Crippen molar-refractivity contribution in [2.45, 2.75) is 25.8 Å². The van der Waals surface area contributed by atoms with Gasteiger partial charge in [-0.1, -0.05) is 15.9 Å². The Bertz CT molecular complexity index is 560. The summed E-state index contributed by atoms with van der Waals surface area (Å²) in [5, 5.41) is 3.05. The minimum atomic E-state index is -0.270. The van der Waals surface area contributed by atoms with Crippen LogP contribution in [0.15, 0.2) is 22.7 Å². The molecule has 0 aromatic heterocycles. The summed E-state index contributed by atoms with van der Waals surface area (Å²) in [5.74, 6) is -0.0692. The van der Waals surface area contributed by atoms with Gasteiger partial charge < -0.3 is 15.0 Å². The first-order chi connectivity index (χ1) is 10.5. The van der Waals surface area contributed by atoms with E-state index in [1.807, 2.05) is 18.2 Å². The summed E-state index contributed by atoms with van der Waals surface area (Å²) in [6.07, 6.45) is 1.22. The van der Waals surface area contributed by atoms with Crippen molar-refractivity contribution in [3.63, 3.8) is 0 Å². The second kappa shape index (κ2) is 8.14. The zero-order valence-corrected chi connectivity index (χ0v) is 16.0. The first kappa shape index (κ1) is 17.5. The SMILES string of the molecule is CCOC(=O)N1CCC(NC(=O)c2cc(Br)ccc2I)CC1. The lowest BCUT2D eigenvalue weighted by Gasteiger charge is -2.31. The smallest absolute Gasteiger partial charge is 0.409 e. The topological polar surface area (TPSA) is 58.6 Å². The molecule has 1 aromatic rings. The normalized spacial score (nSPS) is 15.5. The van der Waals surface area contributed by atoms with Gasteiger partial charge in [0.1, 0.15) is 0 Å². The van der Waals surface area contributed by atoms with Crippen molar-refractivity contribution in [2.24, 2.45) is 0 Å². The molecule has 1 aromatic carbocycles. The zero-order valence-electron chi connectivity index (χ0n) is 12.3. The van der Waals surface area contributed by atoms with Crippen molar-refractivity contribution in [1.29, 1.82) is 0 Å². The van der Waals surface area contributed by atoms with Crippen molar-refractivity contribution >= 4 is 50.5 Å². The maximum absolute atomic E-state index is 12.4. The van der Waals surface area contributed by atoms with Crippen LogP contribution in [0.25, 0.3) is 0 Å². The van der Waals surface area contributed by atoms with E-state index >= 15 is 0 Å². The Kier molecular flexibility index (Phi) is 6.49. The Morgan fingerprint density at radius 1 is 1.41 bits per heavy atom. The summed E-state index contributed by atoms with van der Waals surface area (Å²) in [6.45, 7) is 3.40. The van der Waals surface area contributed by atoms with E-state index in [9.17, 15) is 9.59 Å². The molecule has 1 saturated heterocycles. The van der Waals surface area contributed by atoms with E-state index in [0.29, 0.717) is 25.3 Å². The van der Waals surface area contributed by atoms with Gasteiger partial charge in [0.2, 0.25) is 0 Å². The molecule has 1 aliphatic heterocycles. The molecular weight excluding hydrogens is 463 g/mol. The van der Waals surface area contributed by atoms with Crippen LogP contribution in [0, 0.1) is 3.57 Å². The van der Waals surface area contributed by atoms with Crippen LogP contribution >= 0.6 is 38.5 Å². The summed E-state index contributed by atoms with van der Waals surface area (Å²) in [6, 6.07) is 5.73. The molecule has 0 spiro atoms. The largest absolute Gasteiger partial charge is 0.450 e. The minimum Gasteiger partial charge on any atom is -0.450 e. The number of ether oxygens (including phenoxy) is 1. The lowest BCUT2D eigenvalue weighted by atomic mass is 10.0. The van der Waals surface area contributed by atoms with Crippen LogP contribution in [0.4, 0.5) is 4.79 Å². The van der Waals surface area contributed by atoms with E-state index in [2.05, 4.69) is 43.8 Å². The third-order valence-electron chi connectivity index (χ3n) is 3.53. The Morgan fingerprint density at radius 2 is 2.09 bits per heavy atom. The van der Waals surface area contributed by atoms with Crippen LogP contribution < -0.4 is 5.32 Å². The Hall–Kier alpha value is -0.830. The number of amides is 2. The predicted molar refractivity (Wildman–Crippen MR) is 95.9 cm³/mol. The Labute approximate surface area is 152 Å². The summed E-state index contributed by atoms with van der Waals surface area (Å²) >= 11 is 5.54. The highest BCUT2D eigenvalue weighted by Crippen LogP contribution is 2.19. The van der Waals surface area contributed by atoms with Crippen LogP contribution in [0.3, 0.4) is 0 Å². The highest BCUT2D eigenvalue weighted by atomic mass is 127. The molecule has 0 bridgehead atoms. The van der Waals surface area contributed by atoms with Gasteiger partial charge in [-0.2, -0.15) is 0 Å². The molecule has 7 heteroatoms. The third-order valence-corrected chi connectivity index (χ3v) is 4.96. The summed E-state index contributed by atoms with van der Waals surface area (Å²) in [4.78, 5) is 25.7. The number of nitrogens with zero attached hydrogens (tertiary/aromatic N) is 1. The first-order valence-electron chi connectivity index (χ1n) is 7.19. The Morgan fingerprint density at radius 3 is 2.73 bits per heavy atom. The lowest BCUT2D eigenvalue weighted by Crippen LogP contribution is -2.46. The molecule has 2 rings (SSSR count). The number of carbonyl (C=O) groups excluding carboxylic acids is 2. The molecular formula is C15H18BrIN2O3. The average Bonchev–Trinajstić information content (AvgIpc) is 2.50.